The molecule has 0 spiro atoms. The van der Waals surface area contributed by atoms with Crippen LogP contribution < -0.4 is 11.0 Å². The van der Waals surface area contributed by atoms with Gasteiger partial charge in [-0.1, -0.05) is 12.1 Å². The summed E-state index contributed by atoms with van der Waals surface area (Å²) in [6.07, 6.45) is 3.17. The standard InChI is InChI=1S/C18H19N3O3/c1-11-10-19-18(23)21(11)15-6-4-14(5-7-15)12(2)20-17(22)16-8-9-24-13(16)3/h4-10,12H,1-3H3,(H,19,23)(H,20,22)/t12-/m0/s1. The molecule has 2 N–H and O–H groups in total. The van der Waals surface area contributed by atoms with E-state index in [1.807, 2.05) is 38.1 Å². The van der Waals surface area contributed by atoms with Gasteiger partial charge in [-0.05, 0) is 44.5 Å². The normalized spacial score (nSPS) is 12.1. The Morgan fingerprint density at radius 2 is 1.92 bits per heavy atom. The second-order valence-corrected chi connectivity index (χ2v) is 5.75. The van der Waals surface area contributed by atoms with Gasteiger partial charge in [0.05, 0.1) is 23.6 Å². The third-order valence-corrected chi connectivity index (χ3v) is 4.06. The molecule has 0 bridgehead atoms. The van der Waals surface area contributed by atoms with Crippen molar-refractivity contribution >= 4 is 5.91 Å². The van der Waals surface area contributed by atoms with Gasteiger partial charge < -0.3 is 14.7 Å². The molecule has 0 aliphatic heterocycles. The second kappa shape index (κ2) is 6.23. The van der Waals surface area contributed by atoms with E-state index in [9.17, 15) is 9.59 Å². The molecule has 2 heterocycles. The Balaban J connectivity index is 1.77. The summed E-state index contributed by atoms with van der Waals surface area (Å²) < 4.78 is 6.76. The summed E-state index contributed by atoms with van der Waals surface area (Å²) in [5, 5.41) is 2.94. The SMILES string of the molecule is Cc1occc1C(=O)N[C@@H](C)c1ccc(-n2c(C)c[nH]c2=O)cc1. The lowest BCUT2D eigenvalue weighted by Crippen LogP contribution is -2.26. The first-order valence-electron chi connectivity index (χ1n) is 7.69. The first-order chi connectivity index (χ1) is 11.5. The Labute approximate surface area is 139 Å². The van der Waals surface area contributed by atoms with Crippen LogP contribution in [0.5, 0.6) is 0 Å². The average molecular weight is 325 g/mol. The van der Waals surface area contributed by atoms with Crippen LogP contribution in [-0.4, -0.2) is 15.5 Å². The number of amides is 1. The zero-order valence-electron chi connectivity index (χ0n) is 13.8. The van der Waals surface area contributed by atoms with Crippen LogP contribution in [0.2, 0.25) is 0 Å². The second-order valence-electron chi connectivity index (χ2n) is 5.75. The fraction of sp³-hybridized carbons (Fsp3) is 0.222. The van der Waals surface area contributed by atoms with Crippen molar-refractivity contribution in [2.45, 2.75) is 26.8 Å². The molecule has 0 aliphatic carbocycles. The summed E-state index contributed by atoms with van der Waals surface area (Å²) in [4.78, 5) is 26.7. The molecular formula is C18H19N3O3. The van der Waals surface area contributed by atoms with E-state index in [1.54, 1.807) is 23.8 Å². The molecule has 0 saturated carbocycles. The van der Waals surface area contributed by atoms with Gasteiger partial charge in [0.15, 0.2) is 0 Å². The van der Waals surface area contributed by atoms with E-state index in [2.05, 4.69) is 10.3 Å². The molecule has 6 nitrogen and oxygen atoms in total. The predicted octanol–water partition coefficient (Wildman–Crippen LogP) is 2.87. The number of imidazole rings is 1. The Morgan fingerprint density at radius 1 is 1.21 bits per heavy atom. The maximum atomic E-state index is 12.2. The number of H-pyrrole nitrogens is 1. The molecule has 1 atom stereocenters. The van der Waals surface area contributed by atoms with E-state index in [4.69, 9.17) is 4.42 Å². The van der Waals surface area contributed by atoms with E-state index in [0.717, 1.165) is 16.9 Å². The molecule has 0 radical (unpaired) electrons. The van der Waals surface area contributed by atoms with E-state index >= 15 is 0 Å². The smallest absolute Gasteiger partial charge is 0.330 e. The number of nitrogens with one attached hydrogen (secondary N) is 2. The fourth-order valence-corrected chi connectivity index (χ4v) is 2.67. The van der Waals surface area contributed by atoms with Gasteiger partial charge in [0.1, 0.15) is 5.76 Å². The quantitative estimate of drug-likeness (QED) is 0.774. The molecule has 0 unspecified atom stereocenters. The number of carbonyl (C=O) groups is 1. The molecule has 24 heavy (non-hydrogen) atoms. The van der Waals surface area contributed by atoms with E-state index in [1.165, 1.54) is 6.26 Å². The number of benzene rings is 1. The molecule has 1 aromatic carbocycles. The van der Waals surface area contributed by atoms with Crippen molar-refractivity contribution in [3.05, 3.63) is 75.9 Å². The van der Waals surface area contributed by atoms with Crippen molar-refractivity contribution in [3.63, 3.8) is 0 Å². The molecule has 0 aliphatic rings. The van der Waals surface area contributed by atoms with Crippen molar-refractivity contribution in [3.8, 4) is 5.69 Å². The summed E-state index contributed by atoms with van der Waals surface area (Å²) >= 11 is 0. The summed E-state index contributed by atoms with van der Waals surface area (Å²) in [6.45, 7) is 5.53. The van der Waals surface area contributed by atoms with Crippen LogP contribution in [-0.2, 0) is 0 Å². The van der Waals surface area contributed by atoms with Gasteiger partial charge in [-0.15, -0.1) is 0 Å². The Morgan fingerprint density at radius 3 is 2.46 bits per heavy atom. The third-order valence-electron chi connectivity index (χ3n) is 4.06. The molecule has 1 amide bonds. The highest BCUT2D eigenvalue weighted by Gasteiger charge is 2.15. The highest BCUT2D eigenvalue weighted by molar-refractivity contribution is 5.95. The number of aromatic amines is 1. The molecule has 0 saturated heterocycles. The van der Waals surface area contributed by atoms with Crippen molar-refractivity contribution in [2.24, 2.45) is 0 Å². The van der Waals surface area contributed by atoms with Crippen molar-refractivity contribution in [1.82, 2.24) is 14.9 Å². The van der Waals surface area contributed by atoms with Crippen LogP contribution in [0.1, 0.15) is 40.3 Å². The number of aromatic nitrogens is 2. The average Bonchev–Trinajstić information content (AvgIpc) is 3.13. The topological polar surface area (TPSA) is 80.0 Å². The van der Waals surface area contributed by atoms with Gasteiger partial charge in [-0.2, -0.15) is 0 Å². The van der Waals surface area contributed by atoms with Crippen LogP contribution >= 0.6 is 0 Å². The minimum absolute atomic E-state index is 0.162. The summed E-state index contributed by atoms with van der Waals surface area (Å²) in [5.41, 5.74) is 2.94. The minimum Gasteiger partial charge on any atom is -0.469 e. The molecular weight excluding hydrogens is 306 g/mol. The number of carbonyl (C=O) groups excluding carboxylic acids is 1. The lowest BCUT2D eigenvalue weighted by atomic mass is 10.1. The van der Waals surface area contributed by atoms with Gasteiger partial charge in [0.2, 0.25) is 0 Å². The molecule has 2 aromatic heterocycles. The Bertz CT molecular complexity index is 916. The fourth-order valence-electron chi connectivity index (χ4n) is 2.67. The van der Waals surface area contributed by atoms with Crippen LogP contribution in [0.4, 0.5) is 0 Å². The molecule has 0 fully saturated rings. The summed E-state index contributed by atoms with van der Waals surface area (Å²) in [6, 6.07) is 9.03. The van der Waals surface area contributed by atoms with Crippen LogP contribution in [0.3, 0.4) is 0 Å². The van der Waals surface area contributed by atoms with Crippen LogP contribution in [0.15, 0.2) is 52.0 Å². The highest BCUT2D eigenvalue weighted by atomic mass is 16.3. The zero-order valence-corrected chi connectivity index (χ0v) is 13.8. The number of hydrogen-bond acceptors (Lipinski definition) is 3. The van der Waals surface area contributed by atoms with Gasteiger partial charge in [0.25, 0.3) is 5.91 Å². The lowest BCUT2D eigenvalue weighted by Gasteiger charge is -2.15. The maximum absolute atomic E-state index is 12.2. The minimum atomic E-state index is -0.171. The van der Waals surface area contributed by atoms with E-state index < -0.39 is 0 Å². The Kier molecular flexibility index (Phi) is 4.12. The number of furan rings is 1. The summed E-state index contributed by atoms with van der Waals surface area (Å²) in [5.74, 6) is 0.424. The molecule has 3 aromatic rings. The van der Waals surface area contributed by atoms with Gasteiger partial charge in [-0.25, -0.2) is 4.79 Å². The van der Waals surface area contributed by atoms with Crippen molar-refractivity contribution < 1.29 is 9.21 Å². The van der Waals surface area contributed by atoms with Gasteiger partial charge in [-0.3, -0.25) is 9.36 Å². The highest BCUT2D eigenvalue weighted by Crippen LogP contribution is 2.17. The predicted molar refractivity (Wildman–Crippen MR) is 90.5 cm³/mol. The maximum Gasteiger partial charge on any atom is 0.330 e. The third kappa shape index (κ3) is 2.90. The molecule has 3 rings (SSSR count). The largest absolute Gasteiger partial charge is 0.469 e. The van der Waals surface area contributed by atoms with Crippen LogP contribution in [0, 0.1) is 13.8 Å². The van der Waals surface area contributed by atoms with E-state index in [0.29, 0.717) is 11.3 Å². The first kappa shape index (κ1) is 15.9. The van der Waals surface area contributed by atoms with Gasteiger partial charge >= 0.3 is 5.69 Å². The Hall–Kier alpha value is -3.02. The van der Waals surface area contributed by atoms with E-state index in [-0.39, 0.29) is 17.6 Å². The number of rotatable bonds is 4. The van der Waals surface area contributed by atoms with Crippen molar-refractivity contribution in [1.29, 1.82) is 0 Å². The summed E-state index contributed by atoms with van der Waals surface area (Å²) in [7, 11) is 0. The molecule has 6 heteroatoms. The van der Waals surface area contributed by atoms with Crippen LogP contribution in [0.25, 0.3) is 5.69 Å². The number of aryl methyl sites for hydroxylation is 2. The zero-order chi connectivity index (χ0) is 17.3. The molecule has 124 valence electrons. The number of nitrogens with zero attached hydrogens (tertiary/aromatic N) is 1. The number of hydrogen-bond donors (Lipinski definition) is 2. The lowest BCUT2D eigenvalue weighted by molar-refractivity contribution is 0.0938. The first-order valence-corrected chi connectivity index (χ1v) is 7.69. The van der Waals surface area contributed by atoms with Crippen molar-refractivity contribution in [2.75, 3.05) is 0 Å². The van der Waals surface area contributed by atoms with Gasteiger partial charge in [0, 0.05) is 11.9 Å². The monoisotopic (exact) mass is 325 g/mol.